The number of nitrogens with zero attached hydrogens (tertiary/aromatic N) is 1. The minimum atomic E-state index is 0.427. The average molecular weight is 267 g/mol. The normalized spacial score (nSPS) is 30.5. The third-order valence-corrected chi connectivity index (χ3v) is 5.14. The van der Waals surface area contributed by atoms with E-state index < -0.39 is 0 Å². The monoisotopic (exact) mass is 267 g/mol. The second-order valence-corrected chi connectivity index (χ2v) is 7.43. The summed E-state index contributed by atoms with van der Waals surface area (Å²) in [6.45, 7) is 12.2. The van der Waals surface area contributed by atoms with Gasteiger partial charge in [-0.3, -0.25) is 0 Å². The Labute approximate surface area is 119 Å². The van der Waals surface area contributed by atoms with Crippen LogP contribution < -0.4 is 10.6 Å². The number of rotatable bonds is 5. The lowest BCUT2D eigenvalue weighted by atomic mass is 9.74. The fourth-order valence-electron chi connectivity index (χ4n) is 3.65. The summed E-state index contributed by atoms with van der Waals surface area (Å²) in [5.74, 6) is 1.70. The van der Waals surface area contributed by atoms with E-state index in [1.54, 1.807) is 0 Å². The summed E-state index contributed by atoms with van der Waals surface area (Å²) in [5, 5.41) is 7.25. The Bertz CT molecular complexity index is 259. The van der Waals surface area contributed by atoms with Gasteiger partial charge in [-0.1, -0.05) is 13.8 Å². The van der Waals surface area contributed by atoms with Crippen molar-refractivity contribution in [2.45, 2.75) is 39.5 Å². The van der Waals surface area contributed by atoms with Crippen LogP contribution in [0.15, 0.2) is 0 Å². The molecule has 112 valence electrons. The van der Waals surface area contributed by atoms with Crippen LogP contribution in [-0.2, 0) is 0 Å². The van der Waals surface area contributed by atoms with E-state index in [1.165, 1.54) is 65.0 Å². The lowest BCUT2D eigenvalue weighted by Gasteiger charge is -2.41. The molecule has 0 radical (unpaired) electrons. The second-order valence-electron chi connectivity index (χ2n) is 7.43. The molecule has 0 bridgehead atoms. The van der Waals surface area contributed by atoms with Crippen LogP contribution >= 0.6 is 0 Å². The molecule has 0 aromatic heterocycles. The fourth-order valence-corrected chi connectivity index (χ4v) is 3.65. The van der Waals surface area contributed by atoms with Crippen LogP contribution in [0.25, 0.3) is 0 Å². The molecular weight excluding hydrogens is 234 g/mol. The molecule has 0 aromatic carbocycles. The van der Waals surface area contributed by atoms with Gasteiger partial charge in [-0.05, 0) is 76.2 Å². The standard InChI is InChI=1S/C16H33N3/c1-16(2,15-7-5-9-19(3)12-15)13-18-11-14-6-4-8-17-10-14/h14-15,17-18H,4-13H2,1-3H3. The molecule has 0 saturated carbocycles. The lowest BCUT2D eigenvalue weighted by Crippen LogP contribution is -2.45. The molecule has 2 N–H and O–H groups in total. The molecule has 0 aliphatic carbocycles. The number of likely N-dealkylation sites (tertiary alicyclic amines) is 1. The lowest BCUT2D eigenvalue weighted by molar-refractivity contribution is 0.101. The number of hydrogen-bond donors (Lipinski definition) is 2. The minimum Gasteiger partial charge on any atom is -0.316 e. The van der Waals surface area contributed by atoms with Gasteiger partial charge in [0.15, 0.2) is 0 Å². The molecule has 0 aromatic rings. The van der Waals surface area contributed by atoms with Gasteiger partial charge in [-0.15, -0.1) is 0 Å². The Kier molecular flexibility index (Phi) is 5.67. The maximum Gasteiger partial charge on any atom is 0.00122 e. The smallest absolute Gasteiger partial charge is 0.00122 e. The van der Waals surface area contributed by atoms with Crippen molar-refractivity contribution in [1.82, 2.24) is 15.5 Å². The molecule has 0 amide bonds. The van der Waals surface area contributed by atoms with Gasteiger partial charge < -0.3 is 15.5 Å². The highest BCUT2D eigenvalue weighted by Gasteiger charge is 2.32. The first-order valence-electron chi connectivity index (χ1n) is 8.18. The highest BCUT2D eigenvalue weighted by Crippen LogP contribution is 2.33. The van der Waals surface area contributed by atoms with Crippen molar-refractivity contribution < 1.29 is 0 Å². The van der Waals surface area contributed by atoms with Crippen LogP contribution in [0.1, 0.15) is 39.5 Å². The van der Waals surface area contributed by atoms with Crippen LogP contribution in [0.4, 0.5) is 0 Å². The van der Waals surface area contributed by atoms with E-state index in [0.29, 0.717) is 5.41 Å². The Morgan fingerprint density at radius 3 is 2.79 bits per heavy atom. The van der Waals surface area contributed by atoms with E-state index in [0.717, 1.165) is 11.8 Å². The molecule has 2 heterocycles. The summed E-state index contributed by atoms with van der Waals surface area (Å²) < 4.78 is 0. The summed E-state index contributed by atoms with van der Waals surface area (Å²) in [4.78, 5) is 2.50. The van der Waals surface area contributed by atoms with Crippen molar-refractivity contribution in [3.8, 4) is 0 Å². The molecule has 2 atom stereocenters. The first kappa shape index (κ1) is 15.3. The van der Waals surface area contributed by atoms with Crippen molar-refractivity contribution in [3.63, 3.8) is 0 Å². The molecule has 2 rings (SSSR count). The quantitative estimate of drug-likeness (QED) is 0.797. The molecule has 2 aliphatic heterocycles. The highest BCUT2D eigenvalue weighted by atomic mass is 15.1. The Morgan fingerprint density at radius 2 is 2.11 bits per heavy atom. The Hall–Kier alpha value is -0.120. The zero-order chi connectivity index (χ0) is 13.7. The van der Waals surface area contributed by atoms with Crippen LogP contribution in [0.5, 0.6) is 0 Å². The van der Waals surface area contributed by atoms with Gasteiger partial charge in [0.05, 0.1) is 0 Å². The molecule has 2 fully saturated rings. The van der Waals surface area contributed by atoms with Crippen LogP contribution in [0.2, 0.25) is 0 Å². The molecular formula is C16H33N3. The van der Waals surface area contributed by atoms with Crippen molar-refractivity contribution in [2.24, 2.45) is 17.3 Å². The summed E-state index contributed by atoms with van der Waals surface area (Å²) >= 11 is 0. The molecule has 3 nitrogen and oxygen atoms in total. The van der Waals surface area contributed by atoms with Gasteiger partial charge in [0, 0.05) is 13.1 Å². The minimum absolute atomic E-state index is 0.427. The largest absolute Gasteiger partial charge is 0.316 e. The van der Waals surface area contributed by atoms with Crippen molar-refractivity contribution in [3.05, 3.63) is 0 Å². The van der Waals surface area contributed by atoms with Gasteiger partial charge in [-0.2, -0.15) is 0 Å². The van der Waals surface area contributed by atoms with E-state index >= 15 is 0 Å². The van der Waals surface area contributed by atoms with Gasteiger partial charge in [-0.25, -0.2) is 0 Å². The zero-order valence-corrected chi connectivity index (χ0v) is 13.2. The maximum atomic E-state index is 3.75. The van der Waals surface area contributed by atoms with Crippen LogP contribution in [0, 0.1) is 17.3 Å². The van der Waals surface area contributed by atoms with E-state index in [2.05, 4.69) is 36.4 Å². The average Bonchev–Trinajstić information content (AvgIpc) is 2.40. The van der Waals surface area contributed by atoms with Crippen molar-refractivity contribution in [1.29, 1.82) is 0 Å². The number of piperidine rings is 2. The fraction of sp³-hybridized carbons (Fsp3) is 1.00. The molecule has 3 heteroatoms. The van der Waals surface area contributed by atoms with Gasteiger partial charge >= 0.3 is 0 Å². The Balaban J connectivity index is 1.70. The van der Waals surface area contributed by atoms with Gasteiger partial charge in [0.2, 0.25) is 0 Å². The van der Waals surface area contributed by atoms with Crippen molar-refractivity contribution >= 4 is 0 Å². The molecule has 19 heavy (non-hydrogen) atoms. The molecule has 2 aliphatic rings. The Morgan fingerprint density at radius 1 is 1.26 bits per heavy atom. The second kappa shape index (κ2) is 7.05. The van der Waals surface area contributed by atoms with Crippen LogP contribution in [-0.4, -0.2) is 51.2 Å². The topological polar surface area (TPSA) is 27.3 Å². The van der Waals surface area contributed by atoms with Gasteiger partial charge in [0.1, 0.15) is 0 Å². The van der Waals surface area contributed by atoms with E-state index in [-0.39, 0.29) is 0 Å². The van der Waals surface area contributed by atoms with Crippen molar-refractivity contribution in [2.75, 3.05) is 46.3 Å². The number of nitrogens with one attached hydrogen (secondary N) is 2. The molecule has 2 unspecified atom stereocenters. The first-order chi connectivity index (χ1) is 9.08. The summed E-state index contributed by atoms with van der Waals surface area (Å²) in [6.07, 6.45) is 5.52. The number of hydrogen-bond acceptors (Lipinski definition) is 3. The third-order valence-electron chi connectivity index (χ3n) is 5.14. The summed E-state index contributed by atoms with van der Waals surface area (Å²) in [6, 6.07) is 0. The molecule has 2 saturated heterocycles. The summed E-state index contributed by atoms with van der Waals surface area (Å²) in [7, 11) is 2.27. The summed E-state index contributed by atoms with van der Waals surface area (Å²) in [5.41, 5.74) is 0.427. The predicted octanol–water partition coefficient (Wildman–Crippen LogP) is 1.94. The SMILES string of the molecule is CN1CCCC(C(C)(C)CNCC2CCCNC2)C1. The van der Waals surface area contributed by atoms with Crippen LogP contribution in [0.3, 0.4) is 0 Å². The molecule has 0 spiro atoms. The predicted molar refractivity (Wildman–Crippen MR) is 82.5 cm³/mol. The van der Waals surface area contributed by atoms with E-state index in [9.17, 15) is 0 Å². The van der Waals surface area contributed by atoms with E-state index in [1.807, 2.05) is 0 Å². The first-order valence-corrected chi connectivity index (χ1v) is 8.18. The highest BCUT2D eigenvalue weighted by molar-refractivity contribution is 4.85. The van der Waals surface area contributed by atoms with Gasteiger partial charge in [0.25, 0.3) is 0 Å². The van der Waals surface area contributed by atoms with E-state index in [4.69, 9.17) is 0 Å². The third kappa shape index (κ3) is 4.73. The maximum absolute atomic E-state index is 3.75. The zero-order valence-electron chi connectivity index (χ0n) is 13.2.